The highest BCUT2D eigenvalue weighted by Crippen LogP contribution is 2.43. The normalized spacial score (nSPS) is 22.2. The van der Waals surface area contributed by atoms with Gasteiger partial charge in [-0.25, -0.2) is 4.39 Å². The zero-order valence-electron chi connectivity index (χ0n) is 45.5. The molecule has 4 aromatic carbocycles. The molecule has 1 aliphatic heterocycles. The van der Waals surface area contributed by atoms with E-state index in [1.807, 2.05) is 26.0 Å². The average molecular weight is 1040 g/mol. The van der Waals surface area contributed by atoms with Crippen molar-refractivity contribution < 1.29 is 33.4 Å². The van der Waals surface area contributed by atoms with Gasteiger partial charge in [0.05, 0.1) is 19.3 Å². The second kappa shape index (κ2) is 25.3. The van der Waals surface area contributed by atoms with Crippen LogP contribution in [0.4, 0.5) is 10.1 Å². The van der Waals surface area contributed by atoms with Gasteiger partial charge >= 0.3 is 0 Å². The third-order valence-electron chi connectivity index (χ3n) is 17.0. The quantitative estimate of drug-likeness (QED) is 0.0427. The molecule has 1 amide bonds. The third kappa shape index (κ3) is 13.3. The van der Waals surface area contributed by atoms with Gasteiger partial charge in [0.2, 0.25) is 0 Å². The molecule has 404 valence electrons. The smallest absolute Gasteiger partial charge is 0.262 e. The molecular formula is C65H76FN5O6. The summed E-state index contributed by atoms with van der Waals surface area (Å²) in [5, 5.41) is 20.6. The first-order valence-electron chi connectivity index (χ1n) is 28.1. The molecule has 5 aliphatic rings. The highest BCUT2D eigenvalue weighted by Gasteiger charge is 2.36. The van der Waals surface area contributed by atoms with E-state index in [0.717, 1.165) is 85.1 Å². The Hall–Kier alpha value is -6.49. The van der Waals surface area contributed by atoms with Crippen LogP contribution in [0.25, 0.3) is 5.57 Å². The van der Waals surface area contributed by atoms with E-state index >= 15 is 14.0 Å². The zero-order chi connectivity index (χ0) is 54.2. The highest BCUT2D eigenvalue weighted by atomic mass is 19.1. The lowest BCUT2D eigenvalue weighted by Crippen LogP contribution is -2.38. The molecule has 0 spiro atoms. The number of hydrazine groups is 1. The standard InChI is InChI=1S/C65H76FN5O6/c1-41-27-43(3)63(32-46(28-41)39-67)71(54-16-18-55(72)19-17-54)65(75)59-37-52(29-42(2)44(59)4)60-35-49-13-7-9-45(31-56(73)34-50-15-20-57(38-62(50)66)77-26-23-70-21-24-76-25-22-70)30-51(49)36-61(60)64(74)58-14-8-12-47-10-5-6-11-48(47)33-53(58)40-69-68/h5-6,10-11,15-20,32,35-38,41-42,45,53,58,69,72H,7-9,12-14,21-31,33-34,40,68H2,1-4H3/t41?,42?,45?,53-,58?/m0/s1. The summed E-state index contributed by atoms with van der Waals surface area (Å²) in [6.45, 7) is 13.0. The Morgan fingerprint density at radius 2 is 1.64 bits per heavy atom. The van der Waals surface area contributed by atoms with Crippen LogP contribution in [-0.2, 0) is 46.4 Å². The number of allylic oxidation sites excluding steroid dienone is 5. The topological polar surface area (TPSA) is 158 Å². The summed E-state index contributed by atoms with van der Waals surface area (Å²) in [6.07, 6.45) is 12.2. The molecular weight excluding hydrogens is 966 g/mol. The molecule has 1 saturated heterocycles. The number of ketones is 2. The van der Waals surface area contributed by atoms with Gasteiger partial charge in [0.1, 0.15) is 29.7 Å². The Morgan fingerprint density at radius 3 is 2.39 bits per heavy atom. The number of hydrogen-bond donors (Lipinski definition) is 3. The second-order valence-electron chi connectivity index (χ2n) is 22.6. The molecule has 0 radical (unpaired) electrons. The van der Waals surface area contributed by atoms with Crippen molar-refractivity contribution in [3.05, 3.63) is 164 Å². The number of benzene rings is 4. The first-order valence-corrected chi connectivity index (χ1v) is 28.1. The number of morpholine rings is 1. The minimum absolute atomic E-state index is 0.00503. The van der Waals surface area contributed by atoms with Gasteiger partial charge in [0, 0.05) is 79.1 Å². The molecule has 4 unspecified atom stereocenters. The number of rotatable bonds is 16. The van der Waals surface area contributed by atoms with E-state index in [-0.39, 0.29) is 59.2 Å². The van der Waals surface area contributed by atoms with Crippen LogP contribution in [0.1, 0.15) is 123 Å². The number of phenolic OH excluding ortho intramolecular Hbond substituents is 1. The lowest BCUT2D eigenvalue weighted by molar-refractivity contribution is -0.119. The number of amides is 1. The zero-order valence-corrected chi connectivity index (χ0v) is 45.5. The summed E-state index contributed by atoms with van der Waals surface area (Å²) < 4.78 is 26.9. The molecule has 0 saturated carbocycles. The molecule has 9 rings (SSSR count). The number of carbonyl (C=O) groups is 3. The van der Waals surface area contributed by atoms with Crippen molar-refractivity contribution in [3.8, 4) is 17.6 Å². The van der Waals surface area contributed by atoms with Crippen LogP contribution in [0.5, 0.6) is 11.5 Å². The summed E-state index contributed by atoms with van der Waals surface area (Å²) in [5.74, 6) is 5.72. The third-order valence-corrected chi connectivity index (χ3v) is 17.0. The molecule has 1 heterocycles. The number of aryl methyl sites for hydroxylation is 2. The molecule has 1 fully saturated rings. The van der Waals surface area contributed by atoms with Crippen LogP contribution in [0.2, 0.25) is 0 Å². The van der Waals surface area contributed by atoms with E-state index in [4.69, 9.17) is 15.3 Å². The number of hydrogen-bond acceptors (Lipinski definition) is 10. The molecule has 5 atom stereocenters. The van der Waals surface area contributed by atoms with Crippen molar-refractivity contribution in [3.63, 3.8) is 0 Å². The predicted octanol–water partition coefficient (Wildman–Crippen LogP) is 11.3. The average Bonchev–Trinajstić information content (AvgIpc) is 3.74. The molecule has 0 aromatic heterocycles. The van der Waals surface area contributed by atoms with Gasteiger partial charge in [-0.2, -0.15) is 5.26 Å². The van der Waals surface area contributed by atoms with Crippen LogP contribution in [-0.4, -0.2) is 73.5 Å². The van der Waals surface area contributed by atoms with Gasteiger partial charge in [-0.1, -0.05) is 55.8 Å². The largest absolute Gasteiger partial charge is 0.508 e. The van der Waals surface area contributed by atoms with E-state index in [1.54, 1.807) is 41.3 Å². The van der Waals surface area contributed by atoms with E-state index in [0.29, 0.717) is 111 Å². The number of carbonyl (C=O) groups excluding carboxylic acids is 3. The molecule has 11 nitrogen and oxygen atoms in total. The summed E-state index contributed by atoms with van der Waals surface area (Å²) in [4.78, 5) is 49.3. The Morgan fingerprint density at radius 1 is 0.883 bits per heavy atom. The number of aromatic hydroxyl groups is 1. The maximum absolute atomic E-state index is 15.8. The van der Waals surface area contributed by atoms with E-state index in [1.165, 1.54) is 17.2 Å². The molecule has 4 aliphatic carbocycles. The summed E-state index contributed by atoms with van der Waals surface area (Å²) in [5.41, 5.74) is 14.7. The SMILES string of the molecule is CC1=C(N(C(=O)C2=C(C)C(C)CC(c3cc4c(cc3C(=O)C3CCCc5ccccc5C[C@H]3CNN)CC(CC(=O)Cc3ccc(OCCN5CCOCC5)cc3F)CCC4)=C2)c2ccc(O)cc2)C=C(C#N)CC(C)C1. The summed E-state index contributed by atoms with van der Waals surface area (Å²) in [7, 11) is 0. The van der Waals surface area contributed by atoms with Crippen molar-refractivity contribution in [1.82, 2.24) is 10.3 Å². The van der Waals surface area contributed by atoms with E-state index in [2.05, 4.69) is 66.6 Å². The minimum Gasteiger partial charge on any atom is -0.508 e. The van der Waals surface area contributed by atoms with Crippen LogP contribution in [0, 0.1) is 46.7 Å². The fourth-order valence-corrected chi connectivity index (χ4v) is 12.7. The van der Waals surface area contributed by atoms with Gasteiger partial charge in [-0.15, -0.1) is 0 Å². The highest BCUT2D eigenvalue weighted by molar-refractivity contribution is 6.12. The first kappa shape index (κ1) is 55.3. The van der Waals surface area contributed by atoms with Crippen LogP contribution < -0.4 is 20.9 Å². The number of halogens is 1. The summed E-state index contributed by atoms with van der Waals surface area (Å²) >= 11 is 0. The Balaban J connectivity index is 1.05. The van der Waals surface area contributed by atoms with Crippen LogP contribution in [0.15, 0.2) is 119 Å². The van der Waals surface area contributed by atoms with E-state index in [9.17, 15) is 15.2 Å². The number of ether oxygens (including phenoxy) is 2. The van der Waals surface area contributed by atoms with E-state index < -0.39 is 5.82 Å². The minimum atomic E-state index is -0.449. The second-order valence-corrected chi connectivity index (χ2v) is 22.6. The van der Waals surface area contributed by atoms with Crippen molar-refractivity contribution >= 4 is 28.7 Å². The lowest BCUT2D eigenvalue weighted by Gasteiger charge is -2.32. The number of nitrogens with zero attached hydrogens (tertiary/aromatic N) is 3. The Bertz CT molecular complexity index is 3020. The molecule has 77 heavy (non-hydrogen) atoms. The van der Waals surface area contributed by atoms with Crippen molar-refractivity contribution in [1.29, 1.82) is 5.26 Å². The molecule has 4 N–H and O–H groups in total. The van der Waals surface area contributed by atoms with Crippen LogP contribution in [0.3, 0.4) is 0 Å². The Labute approximate surface area is 454 Å². The fraction of sp³-hybridized carbons (Fsp3) is 0.446. The predicted molar refractivity (Wildman–Crippen MR) is 300 cm³/mol. The monoisotopic (exact) mass is 1040 g/mol. The lowest BCUT2D eigenvalue weighted by atomic mass is 9.73. The van der Waals surface area contributed by atoms with Gasteiger partial charge in [0.25, 0.3) is 5.91 Å². The maximum Gasteiger partial charge on any atom is 0.262 e. The number of anilines is 1. The number of nitrogens with one attached hydrogen (secondary N) is 1. The number of phenols is 1. The first-order chi connectivity index (χ1) is 37.3. The Kier molecular flexibility index (Phi) is 18.2. The van der Waals surface area contributed by atoms with Crippen molar-refractivity contribution in [2.45, 2.75) is 111 Å². The number of nitrogens with two attached hydrogens (primary N) is 1. The molecule has 0 bridgehead atoms. The number of Topliss-reactive ketones (excluding diaryl/α,β-unsaturated/α-hetero) is 2. The van der Waals surface area contributed by atoms with Crippen molar-refractivity contribution in [2.24, 2.45) is 35.4 Å². The number of nitriles is 1. The molecule has 12 heteroatoms. The fourth-order valence-electron chi connectivity index (χ4n) is 12.7. The van der Waals surface area contributed by atoms with Gasteiger partial charge in [-0.05, 0) is 201 Å². The van der Waals surface area contributed by atoms with Gasteiger partial charge in [-0.3, -0.25) is 35.5 Å². The van der Waals surface area contributed by atoms with Gasteiger partial charge < -0.3 is 14.6 Å². The number of fused-ring (bicyclic) bond motifs is 2. The van der Waals surface area contributed by atoms with Crippen LogP contribution >= 0.6 is 0 Å². The molecule has 4 aromatic rings. The summed E-state index contributed by atoms with van der Waals surface area (Å²) in [6, 6.07) is 26.6. The van der Waals surface area contributed by atoms with Gasteiger partial charge in [0.15, 0.2) is 5.78 Å². The maximum atomic E-state index is 15.8. The van der Waals surface area contributed by atoms with Crippen molar-refractivity contribution in [2.75, 3.05) is 50.9 Å².